The van der Waals surface area contributed by atoms with Crippen molar-refractivity contribution in [2.75, 3.05) is 11.9 Å². The summed E-state index contributed by atoms with van der Waals surface area (Å²) in [6, 6.07) is 13.5. The number of hydrogen-bond acceptors (Lipinski definition) is 5. The smallest absolute Gasteiger partial charge is 0.161 e. The second kappa shape index (κ2) is 7.83. The average Bonchev–Trinajstić information content (AvgIpc) is 3.13. The van der Waals surface area contributed by atoms with Gasteiger partial charge >= 0.3 is 0 Å². The number of benzene rings is 2. The molecule has 1 unspecified atom stereocenters. The lowest BCUT2D eigenvalue weighted by atomic mass is 9.97. The molecule has 0 fully saturated rings. The van der Waals surface area contributed by atoms with Gasteiger partial charge in [-0.1, -0.05) is 38.1 Å². The molecule has 0 saturated carbocycles. The number of ether oxygens (including phenoxy) is 1. The van der Waals surface area contributed by atoms with Crippen LogP contribution in [-0.2, 0) is 0 Å². The number of fused-ring (bicyclic) bond motifs is 2. The Morgan fingerprint density at radius 1 is 1.10 bits per heavy atom. The summed E-state index contributed by atoms with van der Waals surface area (Å²) in [5.74, 6) is 0.620. The zero-order valence-electron chi connectivity index (χ0n) is 16.7. The number of para-hydroxylation sites is 1. The number of H-pyrrole nitrogens is 1. The number of aromatic hydroxyl groups is 1. The number of nitrogens with zero attached hydrogens (tertiary/aromatic N) is 2. The second-order valence-corrected chi connectivity index (χ2v) is 6.51. The van der Waals surface area contributed by atoms with Crippen molar-refractivity contribution in [3.8, 4) is 22.6 Å². The maximum absolute atomic E-state index is 10.1. The van der Waals surface area contributed by atoms with Crippen LogP contribution in [0.1, 0.15) is 37.9 Å². The van der Waals surface area contributed by atoms with Crippen LogP contribution in [0.3, 0.4) is 0 Å². The molecule has 0 radical (unpaired) electrons. The topological polar surface area (TPSA) is 83.1 Å². The lowest BCUT2D eigenvalue weighted by molar-refractivity contribution is 0.317. The summed E-state index contributed by atoms with van der Waals surface area (Å²) >= 11 is 0. The van der Waals surface area contributed by atoms with Crippen LogP contribution in [0.5, 0.6) is 11.5 Å². The molecule has 148 valence electrons. The Kier molecular flexibility index (Phi) is 5.08. The van der Waals surface area contributed by atoms with Crippen LogP contribution in [0.4, 0.5) is 5.69 Å². The van der Waals surface area contributed by atoms with Crippen molar-refractivity contribution in [2.45, 2.75) is 26.8 Å². The molecule has 29 heavy (non-hydrogen) atoms. The van der Waals surface area contributed by atoms with E-state index in [0.29, 0.717) is 12.4 Å². The molecule has 2 aromatic carbocycles. The van der Waals surface area contributed by atoms with E-state index in [1.54, 1.807) is 6.07 Å². The van der Waals surface area contributed by atoms with E-state index in [1.165, 1.54) is 0 Å². The van der Waals surface area contributed by atoms with E-state index in [1.807, 2.05) is 57.4 Å². The van der Waals surface area contributed by atoms with Crippen molar-refractivity contribution in [3.63, 3.8) is 0 Å². The normalized spacial score (nSPS) is 14.2. The number of phenols is 1. The quantitative estimate of drug-likeness (QED) is 0.445. The third-order valence-corrected chi connectivity index (χ3v) is 4.95. The lowest BCUT2D eigenvalue weighted by Gasteiger charge is -2.20. The number of anilines is 1. The molecule has 4 aromatic rings. The van der Waals surface area contributed by atoms with Crippen LogP contribution in [0.25, 0.3) is 22.2 Å². The summed E-state index contributed by atoms with van der Waals surface area (Å²) in [4.78, 5) is 3.24. The molecule has 1 aliphatic heterocycles. The van der Waals surface area contributed by atoms with Crippen LogP contribution in [0, 0.1) is 0 Å². The third-order valence-electron chi connectivity index (χ3n) is 4.95. The van der Waals surface area contributed by atoms with Gasteiger partial charge in [0, 0.05) is 34.0 Å². The second-order valence-electron chi connectivity index (χ2n) is 6.51. The number of rotatable bonds is 3. The molecule has 0 amide bonds. The van der Waals surface area contributed by atoms with Gasteiger partial charge in [-0.3, -0.25) is 0 Å². The molecule has 1 aliphatic rings. The molecule has 3 heterocycles. The fraction of sp³-hybridized carbons (Fsp3) is 0.217. The molecule has 2 aromatic heterocycles. The number of aromatic amines is 1. The van der Waals surface area contributed by atoms with Crippen LogP contribution in [0.15, 0.2) is 54.9 Å². The van der Waals surface area contributed by atoms with Crippen molar-refractivity contribution in [1.82, 2.24) is 15.2 Å². The van der Waals surface area contributed by atoms with E-state index in [-0.39, 0.29) is 11.8 Å². The summed E-state index contributed by atoms with van der Waals surface area (Å²) in [5.41, 5.74) is 6.00. The fourth-order valence-corrected chi connectivity index (χ4v) is 3.75. The van der Waals surface area contributed by atoms with Crippen molar-refractivity contribution in [1.29, 1.82) is 0 Å². The summed E-state index contributed by atoms with van der Waals surface area (Å²) in [6.07, 6.45) is 3.78. The first-order valence-corrected chi connectivity index (χ1v) is 9.90. The SMILES string of the molecule is CC.CCOc1cc(C2Nc3ccccc3-c3cnnc4[nH]cc2c34)ccc1O. The van der Waals surface area contributed by atoms with Gasteiger partial charge in [-0.05, 0) is 30.7 Å². The predicted octanol–water partition coefficient (Wildman–Crippen LogP) is 5.27. The van der Waals surface area contributed by atoms with E-state index in [0.717, 1.165) is 39.0 Å². The van der Waals surface area contributed by atoms with Crippen LogP contribution >= 0.6 is 0 Å². The minimum Gasteiger partial charge on any atom is -0.504 e. The summed E-state index contributed by atoms with van der Waals surface area (Å²) in [6.45, 7) is 6.39. The summed E-state index contributed by atoms with van der Waals surface area (Å²) < 4.78 is 5.58. The van der Waals surface area contributed by atoms with Crippen molar-refractivity contribution >= 4 is 16.7 Å². The molecule has 1 atom stereocenters. The van der Waals surface area contributed by atoms with E-state index >= 15 is 0 Å². The van der Waals surface area contributed by atoms with Gasteiger partial charge in [0.15, 0.2) is 17.1 Å². The van der Waals surface area contributed by atoms with E-state index < -0.39 is 0 Å². The number of hydrogen-bond donors (Lipinski definition) is 3. The Hall–Kier alpha value is -3.54. The molecule has 6 heteroatoms. The largest absolute Gasteiger partial charge is 0.504 e. The summed E-state index contributed by atoms with van der Waals surface area (Å²) in [7, 11) is 0. The van der Waals surface area contributed by atoms with Gasteiger partial charge in [0.25, 0.3) is 0 Å². The third kappa shape index (κ3) is 3.16. The highest BCUT2D eigenvalue weighted by atomic mass is 16.5. The first kappa shape index (κ1) is 18.8. The van der Waals surface area contributed by atoms with Crippen molar-refractivity contribution < 1.29 is 9.84 Å². The Labute approximate surface area is 169 Å². The van der Waals surface area contributed by atoms with Gasteiger partial charge < -0.3 is 20.1 Å². The first-order chi connectivity index (χ1) is 14.3. The minimum absolute atomic E-state index is 0.120. The van der Waals surface area contributed by atoms with Gasteiger partial charge in [-0.25, -0.2) is 0 Å². The van der Waals surface area contributed by atoms with Crippen molar-refractivity contribution in [3.05, 3.63) is 66.0 Å². The number of phenolic OH excluding ortho intramolecular Hbond substituents is 1. The van der Waals surface area contributed by atoms with Crippen LogP contribution in [-0.4, -0.2) is 26.9 Å². The van der Waals surface area contributed by atoms with E-state index in [2.05, 4.69) is 32.6 Å². The molecule has 0 bridgehead atoms. The lowest BCUT2D eigenvalue weighted by Crippen LogP contribution is -2.11. The monoisotopic (exact) mass is 388 g/mol. The maximum atomic E-state index is 10.1. The van der Waals surface area contributed by atoms with Gasteiger partial charge in [0.1, 0.15) is 0 Å². The first-order valence-electron chi connectivity index (χ1n) is 9.90. The Morgan fingerprint density at radius 3 is 2.76 bits per heavy atom. The highest BCUT2D eigenvalue weighted by Crippen LogP contribution is 2.44. The van der Waals surface area contributed by atoms with Gasteiger partial charge in [-0.2, -0.15) is 5.10 Å². The summed E-state index contributed by atoms with van der Waals surface area (Å²) in [5, 5.41) is 23.2. The van der Waals surface area contributed by atoms with Gasteiger partial charge in [-0.15, -0.1) is 5.10 Å². The highest BCUT2D eigenvalue weighted by Gasteiger charge is 2.26. The Morgan fingerprint density at radius 2 is 1.93 bits per heavy atom. The van der Waals surface area contributed by atoms with Crippen LogP contribution < -0.4 is 10.1 Å². The zero-order chi connectivity index (χ0) is 20.4. The molecule has 3 N–H and O–H groups in total. The highest BCUT2D eigenvalue weighted by molar-refractivity contribution is 6.00. The van der Waals surface area contributed by atoms with Gasteiger partial charge in [0.05, 0.1) is 18.8 Å². The van der Waals surface area contributed by atoms with E-state index in [9.17, 15) is 5.11 Å². The van der Waals surface area contributed by atoms with Crippen LogP contribution in [0.2, 0.25) is 0 Å². The molecular formula is C23H24N4O2. The molecule has 0 spiro atoms. The molecule has 0 aliphatic carbocycles. The number of nitrogens with one attached hydrogen (secondary N) is 2. The fourth-order valence-electron chi connectivity index (χ4n) is 3.75. The predicted molar refractivity (Wildman–Crippen MR) is 115 cm³/mol. The minimum atomic E-state index is -0.120. The maximum Gasteiger partial charge on any atom is 0.161 e. The Bertz CT molecular complexity index is 1150. The van der Waals surface area contributed by atoms with Crippen molar-refractivity contribution in [2.24, 2.45) is 0 Å². The standard InChI is InChI=1S/C21H18N4O2.C2H6/c1-2-27-18-9-12(7-8-17(18)26)20-15-10-22-21-19(15)14(11-23-25-21)13-5-3-4-6-16(13)24-20;1-2/h3-11,20,24,26H,2H2,1H3,(H,22,25);1-2H3. The molecule has 0 saturated heterocycles. The number of aromatic nitrogens is 3. The Balaban J connectivity index is 0.000000994. The average molecular weight is 388 g/mol. The zero-order valence-corrected chi connectivity index (χ0v) is 16.7. The molecule has 5 rings (SSSR count). The molecule has 6 nitrogen and oxygen atoms in total. The van der Waals surface area contributed by atoms with E-state index in [4.69, 9.17) is 4.74 Å². The van der Waals surface area contributed by atoms with Gasteiger partial charge in [0.2, 0.25) is 0 Å². The molecular weight excluding hydrogens is 364 g/mol.